The molecule has 1 unspecified atom stereocenters. The lowest BCUT2D eigenvalue weighted by Crippen LogP contribution is -2.45. The van der Waals surface area contributed by atoms with Crippen LogP contribution >= 0.6 is 0 Å². The van der Waals surface area contributed by atoms with Crippen LogP contribution in [0.15, 0.2) is 30.3 Å². The smallest absolute Gasteiger partial charge is 0.380 e. The Morgan fingerprint density at radius 3 is 2.12 bits per heavy atom. The molecule has 0 saturated heterocycles. The first kappa shape index (κ1) is 14.0. The molecule has 0 heterocycles. The molecule has 0 aliphatic heterocycles. The van der Waals surface area contributed by atoms with E-state index in [1.165, 1.54) is 0 Å². The van der Waals surface area contributed by atoms with Crippen LogP contribution < -0.4 is 0 Å². The van der Waals surface area contributed by atoms with E-state index >= 15 is 0 Å². The Balaban J connectivity index is 2.69. The zero-order valence-electron chi connectivity index (χ0n) is 9.80. The molecule has 0 spiro atoms. The second kappa shape index (κ2) is 5.54. The Bertz CT molecular complexity index is 334. The molecule has 4 heteroatoms. The van der Waals surface area contributed by atoms with Crippen molar-refractivity contribution in [2.75, 3.05) is 0 Å². The van der Waals surface area contributed by atoms with E-state index in [-0.39, 0.29) is 19.3 Å². The molecular formula is C13H17F3O. The molecule has 96 valence electrons. The van der Waals surface area contributed by atoms with Gasteiger partial charge in [0, 0.05) is 0 Å². The summed E-state index contributed by atoms with van der Waals surface area (Å²) in [6.45, 7) is 1.64. The van der Waals surface area contributed by atoms with Crippen LogP contribution in [0.5, 0.6) is 0 Å². The minimum atomic E-state index is -4.56. The largest absolute Gasteiger partial charge is 0.417 e. The van der Waals surface area contributed by atoms with Gasteiger partial charge in [0.15, 0.2) is 5.60 Å². The number of rotatable bonds is 5. The van der Waals surface area contributed by atoms with E-state index in [1.54, 1.807) is 31.2 Å². The summed E-state index contributed by atoms with van der Waals surface area (Å²) in [5, 5.41) is 9.68. The Morgan fingerprint density at radius 2 is 1.65 bits per heavy atom. The first-order chi connectivity index (χ1) is 7.89. The summed E-state index contributed by atoms with van der Waals surface area (Å²) in [5.41, 5.74) is -1.75. The van der Waals surface area contributed by atoms with Crippen molar-refractivity contribution in [1.82, 2.24) is 0 Å². The van der Waals surface area contributed by atoms with Crippen molar-refractivity contribution in [2.24, 2.45) is 0 Å². The van der Waals surface area contributed by atoms with Crippen molar-refractivity contribution in [3.63, 3.8) is 0 Å². The molecule has 0 saturated carbocycles. The lowest BCUT2D eigenvalue weighted by atomic mass is 9.90. The molecular weight excluding hydrogens is 229 g/mol. The van der Waals surface area contributed by atoms with Crippen LogP contribution in [0, 0.1) is 0 Å². The molecule has 1 atom stereocenters. The number of hydrogen-bond acceptors (Lipinski definition) is 1. The minimum absolute atomic E-state index is 0.233. The third-order valence-electron chi connectivity index (χ3n) is 2.86. The van der Waals surface area contributed by atoms with Crippen LogP contribution in [0.25, 0.3) is 0 Å². The molecule has 1 N–H and O–H groups in total. The van der Waals surface area contributed by atoms with E-state index in [9.17, 15) is 18.3 Å². The number of hydrogen-bond donors (Lipinski definition) is 1. The van der Waals surface area contributed by atoms with Crippen LogP contribution in [0.2, 0.25) is 0 Å². The highest BCUT2D eigenvalue weighted by Gasteiger charge is 2.52. The molecule has 0 aliphatic rings. The van der Waals surface area contributed by atoms with Crippen molar-refractivity contribution in [3.8, 4) is 0 Å². The molecule has 17 heavy (non-hydrogen) atoms. The number of alkyl halides is 3. The lowest BCUT2D eigenvalue weighted by Gasteiger charge is -2.30. The van der Waals surface area contributed by atoms with Crippen molar-refractivity contribution < 1.29 is 18.3 Å². The first-order valence-electron chi connectivity index (χ1n) is 5.72. The molecule has 1 aromatic carbocycles. The number of aryl methyl sites for hydroxylation is 1. The van der Waals surface area contributed by atoms with Gasteiger partial charge < -0.3 is 5.11 Å². The summed E-state index contributed by atoms with van der Waals surface area (Å²) < 4.78 is 38.2. The monoisotopic (exact) mass is 246 g/mol. The second-order valence-electron chi connectivity index (χ2n) is 4.26. The van der Waals surface area contributed by atoms with Gasteiger partial charge in [0.05, 0.1) is 0 Å². The third-order valence-corrected chi connectivity index (χ3v) is 2.86. The van der Waals surface area contributed by atoms with Crippen LogP contribution in [-0.4, -0.2) is 16.9 Å². The molecule has 0 aliphatic carbocycles. The van der Waals surface area contributed by atoms with E-state index in [4.69, 9.17) is 0 Å². The third kappa shape index (κ3) is 3.73. The fraction of sp³-hybridized carbons (Fsp3) is 0.538. The van der Waals surface area contributed by atoms with Crippen molar-refractivity contribution in [3.05, 3.63) is 35.9 Å². The summed E-state index contributed by atoms with van der Waals surface area (Å²) >= 11 is 0. The standard InChI is InChI=1S/C13H17F3O/c1-2-9-12(17,13(14,15)16)10-8-11-6-4-3-5-7-11/h3-7,17H,2,8-10H2,1H3. The van der Waals surface area contributed by atoms with Gasteiger partial charge in [-0.25, -0.2) is 0 Å². The van der Waals surface area contributed by atoms with E-state index in [0.717, 1.165) is 5.56 Å². The van der Waals surface area contributed by atoms with Crippen molar-refractivity contribution in [1.29, 1.82) is 0 Å². The molecule has 1 aromatic rings. The first-order valence-corrected chi connectivity index (χ1v) is 5.72. The van der Waals surface area contributed by atoms with Crippen LogP contribution in [0.1, 0.15) is 31.7 Å². The van der Waals surface area contributed by atoms with Crippen LogP contribution in [0.4, 0.5) is 13.2 Å². The Morgan fingerprint density at radius 1 is 1.06 bits per heavy atom. The SMILES string of the molecule is CCCC(O)(CCc1ccccc1)C(F)(F)F. The van der Waals surface area contributed by atoms with Gasteiger partial charge in [0.2, 0.25) is 0 Å². The van der Waals surface area contributed by atoms with Gasteiger partial charge in [-0.05, 0) is 24.8 Å². The van der Waals surface area contributed by atoms with Crippen LogP contribution in [-0.2, 0) is 6.42 Å². The van der Waals surface area contributed by atoms with E-state index < -0.39 is 11.8 Å². The summed E-state index contributed by atoms with van der Waals surface area (Å²) in [4.78, 5) is 0. The Hall–Kier alpha value is -1.03. The zero-order chi connectivity index (χ0) is 12.9. The minimum Gasteiger partial charge on any atom is -0.380 e. The fourth-order valence-electron chi connectivity index (χ4n) is 1.82. The zero-order valence-corrected chi connectivity index (χ0v) is 9.80. The maximum absolute atomic E-state index is 12.7. The highest BCUT2D eigenvalue weighted by Crippen LogP contribution is 2.37. The average Bonchev–Trinajstić information content (AvgIpc) is 2.27. The second-order valence-corrected chi connectivity index (χ2v) is 4.26. The van der Waals surface area contributed by atoms with E-state index in [0.29, 0.717) is 6.42 Å². The summed E-state index contributed by atoms with van der Waals surface area (Å²) in [7, 11) is 0. The van der Waals surface area contributed by atoms with E-state index in [1.807, 2.05) is 6.07 Å². The summed E-state index contributed by atoms with van der Waals surface area (Å²) in [6.07, 6.45) is -4.54. The molecule has 0 radical (unpaired) electrons. The predicted octanol–water partition coefficient (Wildman–Crippen LogP) is 3.71. The fourth-order valence-corrected chi connectivity index (χ4v) is 1.82. The van der Waals surface area contributed by atoms with Gasteiger partial charge in [-0.2, -0.15) is 13.2 Å². The Kier molecular flexibility index (Phi) is 4.57. The maximum atomic E-state index is 12.7. The van der Waals surface area contributed by atoms with Crippen molar-refractivity contribution in [2.45, 2.75) is 44.4 Å². The molecule has 0 fully saturated rings. The van der Waals surface area contributed by atoms with Crippen molar-refractivity contribution >= 4 is 0 Å². The highest BCUT2D eigenvalue weighted by atomic mass is 19.4. The van der Waals surface area contributed by atoms with Gasteiger partial charge >= 0.3 is 6.18 Å². The van der Waals surface area contributed by atoms with Gasteiger partial charge in [-0.3, -0.25) is 0 Å². The number of benzene rings is 1. The molecule has 0 amide bonds. The Labute approximate surface area is 99.3 Å². The topological polar surface area (TPSA) is 20.2 Å². The van der Waals surface area contributed by atoms with Gasteiger partial charge in [-0.15, -0.1) is 0 Å². The molecule has 1 rings (SSSR count). The summed E-state index contributed by atoms with van der Waals surface area (Å²) in [5.74, 6) is 0. The van der Waals surface area contributed by atoms with Gasteiger partial charge in [-0.1, -0.05) is 43.7 Å². The molecule has 0 aromatic heterocycles. The summed E-state index contributed by atoms with van der Waals surface area (Å²) in [6, 6.07) is 8.90. The van der Waals surface area contributed by atoms with E-state index in [2.05, 4.69) is 0 Å². The number of halogens is 3. The highest BCUT2D eigenvalue weighted by molar-refractivity contribution is 5.15. The molecule has 0 bridgehead atoms. The quantitative estimate of drug-likeness (QED) is 0.839. The van der Waals surface area contributed by atoms with Crippen LogP contribution in [0.3, 0.4) is 0 Å². The average molecular weight is 246 g/mol. The predicted molar refractivity (Wildman–Crippen MR) is 60.7 cm³/mol. The number of aliphatic hydroxyl groups is 1. The lowest BCUT2D eigenvalue weighted by molar-refractivity contribution is -0.264. The molecule has 1 nitrogen and oxygen atoms in total. The van der Waals surface area contributed by atoms with Gasteiger partial charge in [0.1, 0.15) is 0 Å². The van der Waals surface area contributed by atoms with Gasteiger partial charge in [0.25, 0.3) is 0 Å². The maximum Gasteiger partial charge on any atom is 0.417 e. The normalized spacial score (nSPS) is 15.6.